The van der Waals surface area contributed by atoms with Crippen LogP contribution in [-0.4, -0.2) is 18.0 Å². The summed E-state index contributed by atoms with van der Waals surface area (Å²) >= 11 is 0. The molecule has 98 valence electrons. The second kappa shape index (κ2) is 5.66. The molecule has 2 atom stereocenters. The zero-order chi connectivity index (χ0) is 13.1. The van der Waals surface area contributed by atoms with Crippen molar-refractivity contribution in [3.8, 4) is 0 Å². The summed E-state index contributed by atoms with van der Waals surface area (Å²) in [5.41, 5.74) is 3.44. The molecule has 1 fully saturated rings. The molecule has 0 aliphatic carbocycles. The van der Waals surface area contributed by atoms with E-state index in [9.17, 15) is 4.79 Å². The van der Waals surface area contributed by atoms with Crippen LogP contribution < -0.4 is 0 Å². The molecule has 2 rings (SSSR count). The highest BCUT2D eigenvalue weighted by Gasteiger charge is 2.28. The molecule has 1 aromatic carbocycles. The van der Waals surface area contributed by atoms with Gasteiger partial charge in [0.15, 0.2) is 5.78 Å². The lowest BCUT2D eigenvalue weighted by atomic mass is 9.96. The lowest BCUT2D eigenvalue weighted by Crippen LogP contribution is -2.21. The van der Waals surface area contributed by atoms with Crippen LogP contribution in [0.15, 0.2) is 18.2 Å². The monoisotopic (exact) mass is 246 g/mol. The summed E-state index contributed by atoms with van der Waals surface area (Å²) in [6.45, 7) is 6.32. The zero-order valence-corrected chi connectivity index (χ0v) is 11.5. The molecular weight excluding hydrogens is 224 g/mol. The highest BCUT2D eigenvalue weighted by atomic mass is 16.5. The second-order valence-corrected chi connectivity index (χ2v) is 5.07. The van der Waals surface area contributed by atoms with Gasteiger partial charge in [0.25, 0.3) is 0 Å². The van der Waals surface area contributed by atoms with Gasteiger partial charge in [0, 0.05) is 5.56 Å². The predicted molar refractivity (Wildman–Crippen MR) is 73.1 cm³/mol. The molecule has 0 spiro atoms. The summed E-state index contributed by atoms with van der Waals surface area (Å²) in [4.78, 5) is 12.3. The zero-order valence-electron chi connectivity index (χ0n) is 11.5. The molecule has 0 N–H and O–H groups in total. The molecule has 1 aliphatic heterocycles. The summed E-state index contributed by atoms with van der Waals surface area (Å²) in [5, 5.41) is 0. The van der Waals surface area contributed by atoms with E-state index >= 15 is 0 Å². The molecule has 1 aromatic rings. The normalized spacial score (nSPS) is 23.3. The molecule has 2 heteroatoms. The van der Waals surface area contributed by atoms with Crippen LogP contribution in [-0.2, 0) is 17.6 Å². The molecule has 2 unspecified atom stereocenters. The molecule has 18 heavy (non-hydrogen) atoms. The summed E-state index contributed by atoms with van der Waals surface area (Å²) < 4.78 is 5.66. The molecule has 0 bridgehead atoms. The standard InChI is InChI=1S/C16H22O2/c1-4-12-7-8-14(10-13(12)5-2)16(17)15-9-6-11(3)18-15/h7-8,10-11,15H,4-6,9H2,1-3H3. The van der Waals surface area contributed by atoms with Gasteiger partial charge < -0.3 is 4.74 Å². The average Bonchev–Trinajstić information content (AvgIpc) is 2.83. The lowest BCUT2D eigenvalue weighted by molar-refractivity contribution is 0.0433. The third kappa shape index (κ3) is 2.64. The first-order chi connectivity index (χ1) is 8.65. The van der Waals surface area contributed by atoms with Crippen LogP contribution in [0.3, 0.4) is 0 Å². The van der Waals surface area contributed by atoms with Crippen LogP contribution in [0.4, 0.5) is 0 Å². The predicted octanol–water partition coefficient (Wildman–Crippen LogP) is 3.56. The minimum atomic E-state index is -0.225. The number of rotatable bonds is 4. The van der Waals surface area contributed by atoms with Gasteiger partial charge in [0.1, 0.15) is 6.10 Å². The van der Waals surface area contributed by atoms with Gasteiger partial charge in [0.05, 0.1) is 6.10 Å². The number of aryl methyl sites for hydroxylation is 2. The number of ketones is 1. The van der Waals surface area contributed by atoms with E-state index in [2.05, 4.69) is 19.9 Å². The summed E-state index contributed by atoms with van der Waals surface area (Å²) in [7, 11) is 0. The highest BCUT2D eigenvalue weighted by Crippen LogP contribution is 2.23. The van der Waals surface area contributed by atoms with E-state index in [1.807, 2.05) is 19.1 Å². The molecular formula is C16H22O2. The van der Waals surface area contributed by atoms with Gasteiger partial charge >= 0.3 is 0 Å². The Labute approximate surface area is 109 Å². The van der Waals surface area contributed by atoms with Gasteiger partial charge in [-0.05, 0) is 49.8 Å². The van der Waals surface area contributed by atoms with Crippen LogP contribution in [0.5, 0.6) is 0 Å². The van der Waals surface area contributed by atoms with Crippen LogP contribution in [0, 0.1) is 0 Å². The maximum absolute atomic E-state index is 12.3. The van der Waals surface area contributed by atoms with Crippen molar-refractivity contribution in [2.45, 2.75) is 58.7 Å². The van der Waals surface area contributed by atoms with E-state index in [-0.39, 0.29) is 18.0 Å². The van der Waals surface area contributed by atoms with Crippen LogP contribution in [0.2, 0.25) is 0 Å². The maximum atomic E-state index is 12.3. The Kier molecular flexibility index (Phi) is 4.18. The number of carbonyl (C=O) groups is 1. The number of ether oxygens (including phenoxy) is 1. The first-order valence-corrected chi connectivity index (χ1v) is 6.97. The van der Waals surface area contributed by atoms with E-state index in [0.717, 1.165) is 31.2 Å². The minimum absolute atomic E-state index is 0.150. The average molecular weight is 246 g/mol. The van der Waals surface area contributed by atoms with Crippen LogP contribution >= 0.6 is 0 Å². The number of hydrogen-bond acceptors (Lipinski definition) is 2. The van der Waals surface area contributed by atoms with Crippen molar-refractivity contribution in [2.24, 2.45) is 0 Å². The lowest BCUT2D eigenvalue weighted by Gasteiger charge is -2.12. The van der Waals surface area contributed by atoms with E-state index < -0.39 is 0 Å². The molecule has 2 nitrogen and oxygen atoms in total. The van der Waals surface area contributed by atoms with Gasteiger partial charge in [-0.25, -0.2) is 0 Å². The number of hydrogen-bond donors (Lipinski definition) is 0. The van der Waals surface area contributed by atoms with Crippen molar-refractivity contribution >= 4 is 5.78 Å². The fraction of sp³-hybridized carbons (Fsp3) is 0.562. The van der Waals surface area contributed by atoms with Crippen molar-refractivity contribution < 1.29 is 9.53 Å². The first kappa shape index (κ1) is 13.3. The third-order valence-corrected chi connectivity index (χ3v) is 3.78. The van der Waals surface area contributed by atoms with Gasteiger partial charge in [-0.1, -0.05) is 26.0 Å². The first-order valence-electron chi connectivity index (χ1n) is 6.97. The molecule has 0 aromatic heterocycles. The molecule has 1 heterocycles. The van der Waals surface area contributed by atoms with E-state index in [1.54, 1.807) is 0 Å². The second-order valence-electron chi connectivity index (χ2n) is 5.07. The summed E-state index contributed by atoms with van der Waals surface area (Å²) in [5.74, 6) is 0.150. The van der Waals surface area contributed by atoms with E-state index in [4.69, 9.17) is 4.74 Å². The van der Waals surface area contributed by atoms with Crippen LogP contribution in [0.1, 0.15) is 55.1 Å². The Bertz CT molecular complexity index is 437. The van der Waals surface area contributed by atoms with Crippen molar-refractivity contribution in [3.05, 3.63) is 34.9 Å². The highest BCUT2D eigenvalue weighted by molar-refractivity contribution is 5.99. The Hall–Kier alpha value is -1.15. The number of benzene rings is 1. The smallest absolute Gasteiger partial charge is 0.191 e. The fourth-order valence-electron chi connectivity index (χ4n) is 2.63. The van der Waals surface area contributed by atoms with Crippen molar-refractivity contribution in [2.75, 3.05) is 0 Å². The largest absolute Gasteiger partial charge is 0.367 e. The molecule has 1 saturated heterocycles. The Morgan fingerprint density at radius 2 is 1.94 bits per heavy atom. The van der Waals surface area contributed by atoms with E-state index in [0.29, 0.717) is 0 Å². The molecule has 0 radical (unpaired) electrons. The Balaban J connectivity index is 2.20. The molecule has 1 aliphatic rings. The topological polar surface area (TPSA) is 26.3 Å². The molecule has 0 saturated carbocycles. The van der Waals surface area contributed by atoms with E-state index in [1.165, 1.54) is 11.1 Å². The Morgan fingerprint density at radius 3 is 2.50 bits per heavy atom. The fourth-order valence-corrected chi connectivity index (χ4v) is 2.63. The van der Waals surface area contributed by atoms with Crippen molar-refractivity contribution in [3.63, 3.8) is 0 Å². The number of carbonyl (C=O) groups excluding carboxylic acids is 1. The van der Waals surface area contributed by atoms with Crippen molar-refractivity contribution in [1.82, 2.24) is 0 Å². The van der Waals surface area contributed by atoms with Crippen LogP contribution in [0.25, 0.3) is 0 Å². The Morgan fingerprint density at radius 1 is 1.22 bits per heavy atom. The minimum Gasteiger partial charge on any atom is -0.367 e. The quantitative estimate of drug-likeness (QED) is 0.759. The summed E-state index contributed by atoms with van der Waals surface area (Å²) in [6, 6.07) is 6.09. The van der Waals surface area contributed by atoms with Gasteiger partial charge in [-0.2, -0.15) is 0 Å². The van der Waals surface area contributed by atoms with Gasteiger partial charge in [-0.3, -0.25) is 4.79 Å². The SMILES string of the molecule is CCc1ccc(C(=O)C2CCC(C)O2)cc1CC. The number of Topliss-reactive ketones (excluding diaryl/α,β-unsaturated/α-hetero) is 1. The third-order valence-electron chi connectivity index (χ3n) is 3.78. The van der Waals surface area contributed by atoms with Crippen molar-refractivity contribution in [1.29, 1.82) is 0 Å². The molecule has 0 amide bonds. The van der Waals surface area contributed by atoms with Gasteiger partial charge in [-0.15, -0.1) is 0 Å². The van der Waals surface area contributed by atoms with Gasteiger partial charge in [0.2, 0.25) is 0 Å². The summed E-state index contributed by atoms with van der Waals surface area (Å²) in [6.07, 6.45) is 3.85. The maximum Gasteiger partial charge on any atom is 0.191 e.